The zero-order chi connectivity index (χ0) is 22.4. The van der Waals surface area contributed by atoms with Crippen molar-refractivity contribution in [3.63, 3.8) is 0 Å². The van der Waals surface area contributed by atoms with Gasteiger partial charge in [0.15, 0.2) is 0 Å². The molecule has 0 bridgehead atoms. The van der Waals surface area contributed by atoms with Crippen molar-refractivity contribution in [2.24, 2.45) is 0 Å². The Bertz CT molecular complexity index is 552. The Morgan fingerprint density at radius 3 is 1.94 bits per heavy atom. The van der Waals surface area contributed by atoms with E-state index in [2.05, 4.69) is 31.2 Å². The fourth-order valence-electron chi connectivity index (χ4n) is 4.64. The molecular weight excluding hydrogens is 404 g/mol. The maximum atomic E-state index is 6.23. The standard InChI is InChI=1S/C26H46O4Si/c1-5-9-10-12-23-13-15-24(16-14-23)25-17-19-26(20-18-25)27-21-11-22-31(28-6-2,29-7-3)30-8-4/h13-16,25-26H,5-12,17-22H2,1-4H3. The molecule has 1 aliphatic rings. The van der Waals surface area contributed by atoms with E-state index in [1.165, 1.54) is 49.7 Å². The quantitative estimate of drug-likeness (QED) is 0.203. The van der Waals surface area contributed by atoms with E-state index in [-0.39, 0.29) is 0 Å². The molecule has 31 heavy (non-hydrogen) atoms. The summed E-state index contributed by atoms with van der Waals surface area (Å²) in [4.78, 5) is 0. The number of ether oxygens (including phenoxy) is 1. The summed E-state index contributed by atoms with van der Waals surface area (Å²) < 4.78 is 24.0. The Labute approximate surface area is 192 Å². The van der Waals surface area contributed by atoms with Gasteiger partial charge in [0.1, 0.15) is 0 Å². The van der Waals surface area contributed by atoms with Crippen molar-refractivity contribution in [1.82, 2.24) is 0 Å². The summed E-state index contributed by atoms with van der Waals surface area (Å²) in [7, 11) is -2.53. The number of benzene rings is 1. The third-order valence-electron chi connectivity index (χ3n) is 6.27. The molecular formula is C26H46O4Si. The molecule has 1 aromatic carbocycles. The molecule has 0 atom stereocenters. The predicted molar refractivity (Wildman–Crippen MR) is 131 cm³/mol. The molecule has 178 valence electrons. The monoisotopic (exact) mass is 450 g/mol. The molecule has 0 unspecified atom stereocenters. The van der Waals surface area contributed by atoms with Crippen molar-refractivity contribution in [2.75, 3.05) is 26.4 Å². The lowest BCUT2D eigenvalue weighted by Gasteiger charge is -2.30. The normalized spacial score (nSPS) is 19.6. The largest absolute Gasteiger partial charge is 0.501 e. The molecule has 0 aromatic heterocycles. The van der Waals surface area contributed by atoms with E-state index in [4.69, 9.17) is 18.0 Å². The number of rotatable bonds is 16. The van der Waals surface area contributed by atoms with Gasteiger partial charge in [0.25, 0.3) is 0 Å². The van der Waals surface area contributed by atoms with E-state index in [0.29, 0.717) is 31.8 Å². The van der Waals surface area contributed by atoms with Crippen LogP contribution in [0.3, 0.4) is 0 Å². The third-order valence-corrected chi connectivity index (χ3v) is 9.42. The molecule has 4 nitrogen and oxygen atoms in total. The topological polar surface area (TPSA) is 36.9 Å². The van der Waals surface area contributed by atoms with Gasteiger partial charge in [-0.05, 0) is 82.8 Å². The fraction of sp³-hybridized carbons (Fsp3) is 0.769. The van der Waals surface area contributed by atoms with Crippen molar-refractivity contribution in [3.8, 4) is 0 Å². The number of unbranched alkanes of at least 4 members (excludes halogenated alkanes) is 2. The number of hydrogen-bond donors (Lipinski definition) is 0. The van der Waals surface area contributed by atoms with Crippen LogP contribution in [0.1, 0.15) is 96.1 Å². The van der Waals surface area contributed by atoms with Crippen LogP contribution in [0, 0.1) is 0 Å². The Kier molecular flexibility index (Phi) is 13.0. The Morgan fingerprint density at radius 2 is 1.39 bits per heavy atom. The van der Waals surface area contributed by atoms with Gasteiger partial charge in [-0.1, -0.05) is 44.0 Å². The van der Waals surface area contributed by atoms with Gasteiger partial charge in [0.2, 0.25) is 0 Å². The molecule has 5 heteroatoms. The average Bonchev–Trinajstić information content (AvgIpc) is 2.78. The average molecular weight is 451 g/mol. The van der Waals surface area contributed by atoms with Gasteiger partial charge < -0.3 is 18.0 Å². The van der Waals surface area contributed by atoms with Gasteiger partial charge in [0, 0.05) is 32.5 Å². The molecule has 0 spiro atoms. The van der Waals surface area contributed by atoms with Crippen LogP contribution in [0.4, 0.5) is 0 Å². The molecule has 0 N–H and O–H groups in total. The zero-order valence-corrected chi connectivity index (χ0v) is 21.5. The van der Waals surface area contributed by atoms with E-state index < -0.39 is 8.80 Å². The summed E-state index contributed by atoms with van der Waals surface area (Å²) >= 11 is 0. The predicted octanol–water partition coefficient (Wildman–Crippen LogP) is 6.90. The second kappa shape index (κ2) is 15.2. The highest BCUT2D eigenvalue weighted by Gasteiger charge is 2.39. The van der Waals surface area contributed by atoms with Crippen molar-refractivity contribution >= 4 is 8.80 Å². The van der Waals surface area contributed by atoms with Gasteiger partial charge in [0.05, 0.1) is 6.10 Å². The third kappa shape index (κ3) is 9.35. The number of hydrogen-bond acceptors (Lipinski definition) is 4. The van der Waals surface area contributed by atoms with Gasteiger partial charge in [-0.3, -0.25) is 0 Å². The van der Waals surface area contributed by atoms with Crippen LogP contribution in [0.15, 0.2) is 24.3 Å². The Morgan fingerprint density at radius 1 is 0.774 bits per heavy atom. The summed E-state index contributed by atoms with van der Waals surface area (Å²) in [6, 6.07) is 10.3. The maximum Gasteiger partial charge on any atom is 0.501 e. The molecule has 1 saturated carbocycles. The lowest BCUT2D eigenvalue weighted by Crippen LogP contribution is -2.46. The van der Waals surface area contributed by atoms with Crippen LogP contribution in [-0.2, 0) is 24.4 Å². The van der Waals surface area contributed by atoms with Gasteiger partial charge in [-0.2, -0.15) is 0 Å². The second-order valence-electron chi connectivity index (χ2n) is 8.63. The van der Waals surface area contributed by atoms with E-state index in [0.717, 1.165) is 31.9 Å². The van der Waals surface area contributed by atoms with E-state index in [1.807, 2.05) is 20.8 Å². The summed E-state index contributed by atoms with van der Waals surface area (Å²) in [5, 5.41) is 0. The molecule has 0 amide bonds. The molecule has 1 aromatic rings. The second-order valence-corrected chi connectivity index (χ2v) is 11.4. The minimum absolute atomic E-state index is 0.395. The van der Waals surface area contributed by atoms with Gasteiger partial charge >= 0.3 is 8.80 Å². The van der Waals surface area contributed by atoms with Crippen molar-refractivity contribution in [2.45, 2.75) is 104 Å². The van der Waals surface area contributed by atoms with Gasteiger partial charge in [-0.25, -0.2) is 0 Å². The lowest BCUT2D eigenvalue weighted by molar-refractivity contribution is 0.0202. The summed E-state index contributed by atoms with van der Waals surface area (Å²) in [5.41, 5.74) is 3.00. The SMILES string of the molecule is CCCCCc1ccc(C2CCC(OCCC[Si](OCC)(OCC)OCC)CC2)cc1. The number of aryl methyl sites for hydroxylation is 1. The summed E-state index contributed by atoms with van der Waals surface area (Å²) in [5.74, 6) is 0.693. The van der Waals surface area contributed by atoms with Crippen molar-refractivity contribution < 1.29 is 18.0 Å². The van der Waals surface area contributed by atoms with Crippen LogP contribution < -0.4 is 0 Å². The minimum atomic E-state index is -2.53. The fourth-order valence-corrected chi connectivity index (χ4v) is 7.22. The van der Waals surface area contributed by atoms with E-state index in [9.17, 15) is 0 Å². The first kappa shape index (κ1) is 26.5. The maximum absolute atomic E-state index is 6.23. The van der Waals surface area contributed by atoms with Crippen LogP contribution in [-0.4, -0.2) is 41.3 Å². The molecule has 0 radical (unpaired) electrons. The van der Waals surface area contributed by atoms with Gasteiger partial charge in [-0.15, -0.1) is 0 Å². The molecule has 1 aliphatic carbocycles. The first-order chi connectivity index (χ1) is 15.2. The first-order valence-corrected chi connectivity index (χ1v) is 14.7. The smallest absolute Gasteiger partial charge is 0.378 e. The molecule has 2 rings (SSSR count). The summed E-state index contributed by atoms with van der Waals surface area (Å²) in [6.07, 6.45) is 11.3. The van der Waals surface area contributed by atoms with E-state index in [1.54, 1.807) is 0 Å². The lowest BCUT2D eigenvalue weighted by atomic mass is 9.82. The molecule has 0 aliphatic heterocycles. The molecule has 0 saturated heterocycles. The highest BCUT2D eigenvalue weighted by Crippen LogP contribution is 2.34. The highest BCUT2D eigenvalue weighted by atomic mass is 28.4. The van der Waals surface area contributed by atoms with Crippen LogP contribution >= 0.6 is 0 Å². The van der Waals surface area contributed by atoms with Crippen LogP contribution in [0.5, 0.6) is 0 Å². The van der Waals surface area contributed by atoms with Crippen molar-refractivity contribution in [3.05, 3.63) is 35.4 Å². The first-order valence-electron chi connectivity index (χ1n) is 12.8. The Balaban J connectivity index is 1.69. The summed E-state index contributed by atoms with van der Waals surface area (Å²) in [6.45, 7) is 11.0. The Hall–Kier alpha value is -0.723. The van der Waals surface area contributed by atoms with Crippen molar-refractivity contribution in [1.29, 1.82) is 0 Å². The molecule has 0 heterocycles. The molecule has 1 fully saturated rings. The van der Waals surface area contributed by atoms with E-state index >= 15 is 0 Å². The van der Waals surface area contributed by atoms with Crippen LogP contribution in [0.2, 0.25) is 6.04 Å². The highest BCUT2D eigenvalue weighted by molar-refractivity contribution is 6.60. The minimum Gasteiger partial charge on any atom is -0.378 e. The zero-order valence-electron chi connectivity index (χ0n) is 20.5. The van der Waals surface area contributed by atoms with Crippen LogP contribution in [0.25, 0.3) is 0 Å².